The molecule has 0 saturated heterocycles. The number of nitrogens with one attached hydrogen (secondary N) is 2. The molecule has 0 radical (unpaired) electrons. The zero-order valence-electron chi connectivity index (χ0n) is 19.4. The first kappa shape index (κ1) is 23.7. The van der Waals surface area contributed by atoms with Crippen LogP contribution >= 0.6 is 0 Å². The number of nitrogen functional groups attached to an aromatic ring is 1. The molecular formula is C23H19F3N8O3. The average Bonchev–Trinajstić information content (AvgIpc) is 3.50. The molecule has 3 aromatic heterocycles. The first-order valence-corrected chi connectivity index (χ1v) is 10.7. The van der Waals surface area contributed by atoms with E-state index < -0.39 is 23.8 Å². The highest BCUT2D eigenvalue weighted by molar-refractivity contribution is 5.89. The quantitative estimate of drug-likeness (QED) is 0.330. The Bertz CT molecular complexity index is 1690. The number of hydrogen-bond donors (Lipinski definition) is 3. The van der Waals surface area contributed by atoms with Gasteiger partial charge in [0.15, 0.2) is 17.1 Å². The fourth-order valence-corrected chi connectivity index (χ4v) is 3.75. The van der Waals surface area contributed by atoms with E-state index in [0.29, 0.717) is 28.4 Å². The molecule has 3 heterocycles. The van der Waals surface area contributed by atoms with Crippen molar-refractivity contribution < 1.29 is 27.2 Å². The van der Waals surface area contributed by atoms with Crippen LogP contribution in [0.25, 0.3) is 22.3 Å². The summed E-state index contributed by atoms with van der Waals surface area (Å²) in [4.78, 5) is 12.6. The highest BCUT2D eigenvalue weighted by atomic mass is 19.4. The van der Waals surface area contributed by atoms with E-state index >= 15 is 0 Å². The second-order valence-corrected chi connectivity index (χ2v) is 8.09. The molecule has 5 aromatic rings. The summed E-state index contributed by atoms with van der Waals surface area (Å²) < 4.78 is 54.7. The minimum atomic E-state index is -4.78. The van der Waals surface area contributed by atoms with Crippen LogP contribution in [0.5, 0.6) is 5.88 Å². The lowest BCUT2D eigenvalue weighted by atomic mass is 10.2. The van der Waals surface area contributed by atoms with E-state index in [9.17, 15) is 18.0 Å². The Morgan fingerprint density at radius 1 is 1.11 bits per heavy atom. The molecule has 0 saturated carbocycles. The predicted molar refractivity (Wildman–Crippen MR) is 126 cm³/mol. The Hall–Kier alpha value is -5.01. The van der Waals surface area contributed by atoms with Crippen LogP contribution in [0.3, 0.4) is 0 Å². The van der Waals surface area contributed by atoms with E-state index in [1.165, 1.54) is 18.2 Å². The maximum atomic E-state index is 13.4. The number of aromatic nitrogens is 5. The number of amides is 1. The fraction of sp³-hybridized carbons (Fsp3) is 0.130. The van der Waals surface area contributed by atoms with Gasteiger partial charge in [0.2, 0.25) is 5.88 Å². The Morgan fingerprint density at radius 2 is 1.81 bits per heavy atom. The van der Waals surface area contributed by atoms with Gasteiger partial charge in [-0.25, -0.2) is 9.48 Å². The summed E-state index contributed by atoms with van der Waals surface area (Å²) in [6.07, 6.45) is -5.81. The smallest absolute Gasteiger partial charge is 0.391 e. The number of fused-ring (bicyclic) bond motifs is 1. The standard InChI is InChI=1S/C23H19F3N8O3/c1-12-9-19(27)34(32(12)2)14-5-3-13(4-6-14)29-22(35)36-20-11-18(23(24,25)26)30-33(20)15-7-8-17-16(10-15)21(28)31-37-17/h3-11,27H,1-2H3,(H2,28,31)(H,29,35). The average molecular weight is 512 g/mol. The molecule has 0 unspecified atom stereocenters. The minimum Gasteiger partial charge on any atom is -0.391 e. The minimum absolute atomic E-state index is 0.0462. The van der Waals surface area contributed by atoms with Gasteiger partial charge in [0.05, 0.1) is 16.8 Å². The molecule has 4 N–H and O–H groups in total. The van der Waals surface area contributed by atoms with Gasteiger partial charge in [-0.15, -0.1) is 0 Å². The lowest BCUT2D eigenvalue weighted by Gasteiger charge is -2.11. The summed E-state index contributed by atoms with van der Waals surface area (Å²) in [5, 5.41) is 18.1. The summed E-state index contributed by atoms with van der Waals surface area (Å²) >= 11 is 0. The normalized spacial score (nSPS) is 11.7. The fourth-order valence-electron chi connectivity index (χ4n) is 3.75. The second-order valence-electron chi connectivity index (χ2n) is 8.09. The van der Waals surface area contributed by atoms with Crippen LogP contribution in [0.2, 0.25) is 0 Å². The summed E-state index contributed by atoms with van der Waals surface area (Å²) in [6, 6.07) is 13.1. The van der Waals surface area contributed by atoms with E-state index in [2.05, 4.69) is 15.6 Å². The molecule has 0 fully saturated rings. The van der Waals surface area contributed by atoms with Crippen molar-refractivity contribution in [2.24, 2.45) is 7.05 Å². The van der Waals surface area contributed by atoms with Crippen LogP contribution in [-0.4, -0.2) is 30.4 Å². The molecule has 1 amide bonds. The number of ether oxygens (including phenoxy) is 1. The molecule has 0 aliphatic heterocycles. The number of nitrogens with zero attached hydrogens (tertiary/aromatic N) is 5. The summed E-state index contributed by atoms with van der Waals surface area (Å²) in [5.74, 6) is -0.422. The molecule has 2 aromatic carbocycles. The highest BCUT2D eigenvalue weighted by Crippen LogP contribution is 2.33. The number of carbonyl (C=O) groups excluding carboxylic acids is 1. The van der Waals surface area contributed by atoms with Gasteiger partial charge in [-0.3, -0.25) is 15.4 Å². The van der Waals surface area contributed by atoms with E-state index in [1.807, 2.05) is 14.0 Å². The number of anilines is 2. The largest absolute Gasteiger partial charge is 0.435 e. The van der Waals surface area contributed by atoms with Gasteiger partial charge in [-0.1, -0.05) is 5.16 Å². The van der Waals surface area contributed by atoms with Gasteiger partial charge < -0.3 is 15.0 Å². The SMILES string of the molecule is Cc1cc(=N)n(-c2ccc(NC(=O)Oc3cc(C(F)(F)F)nn3-c3ccc4onc(N)c4c3)cc2)n1C. The third-order valence-electron chi connectivity index (χ3n) is 5.63. The van der Waals surface area contributed by atoms with Crippen LogP contribution in [0.4, 0.5) is 29.5 Å². The molecule has 0 atom stereocenters. The zero-order valence-corrected chi connectivity index (χ0v) is 19.4. The van der Waals surface area contributed by atoms with Crippen molar-refractivity contribution in [3.63, 3.8) is 0 Å². The van der Waals surface area contributed by atoms with Crippen molar-refractivity contribution in [3.05, 3.63) is 71.5 Å². The maximum Gasteiger partial charge on any atom is 0.435 e. The lowest BCUT2D eigenvalue weighted by Crippen LogP contribution is -2.20. The molecule has 37 heavy (non-hydrogen) atoms. The molecule has 0 bridgehead atoms. The van der Waals surface area contributed by atoms with Gasteiger partial charge in [-0.05, 0) is 49.4 Å². The van der Waals surface area contributed by atoms with Crippen molar-refractivity contribution in [2.75, 3.05) is 11.1 Å². The first-order chi connectivity index (χ1) is 17.5. The Morgan fingerprint density at radius 3 is 2.46 bits per heavy atom. The Labute approximate surface area is 205 Å². The lowest BCUT2D eigenvalue weighted by molar-refractivity contribution is -0.141. The number of halogens is 3. The molecule has 11 nitrogen and oxygen atoms in total. The summed E-state index contributed by atoms with van der Waals surface area (Å²) in [7, 11) is 1.81. The van der Waals surface area contributed by atoms with Crippen LogP contribution in [0, 0.1) is 12.3 Å². The van der Waals surface area contributed by atoms with Crippen LogP contribution in [-0.2, 0) is 13.2 Å². The molecular weight excluding hydrogens is 493 g/mol. The molecule has 14 heteroatoms. The van der Waals surface area contributed by atoms with E-state index in [0.717, 1.165) is 10.4 Å². The van der Waals surface area contributed by atoms with Gasteiger partial charge in [0.1, 0.15) is 5.49 Å². The highest BCUT2D eigenvalue weighted by Gasteiger charge is 2.36. The third kappa shape index (κ3) is 4.39. The number of rotatable bonds is 4. The van der Waals surface area contributed by atoms with Crippen molar-refractivity contribution in [3.8, 4) is 17.3 Å². The maximum absolute atomic E-state index is 13.4. The van der Waals surface area contributed by atoms with Crippen molar-refractivity contribution >= 4 is 28.6 Å². The number of benzene rings is 2. The second kappa shape index (κ2) is 8.58. The number of hydrogen-bond acceptors (Lipinski definition) is 7. The monoisotopic (exact) mass is 512 g/mol. The molecule has 190 valence electrons. The van der Waals surface area contributed by atoms with E-state index in [4.69, 9.17) is 20.4 Å². The Kier molecular flexibility index (Phi) is 5.50. The van der Waals surface area contributed by atoms with Crippen LogP contribution < -0.4 is 21.3 Å². The number of carbonyl (C=O) groups is 1. The van der Waals surface area contributed by atoms with Gasteiger partial charge in [-0.2, -0.15) is 23.0 Å². The number of nitrogens with two attached hydrogens (primary N) is 1. The van der Waals surface area contributed by atoms with E-state index in [1.54, 1.807) is 39.7 Å². The van der Waals surface area contributed by atoms with Crippen molar-refractivity contribution in [1.82, 2.24) is 24.3 Å². The van der Waals surface area contributed by atoms with Gasteiger partial charge >= 0.3 is 12.3 Å². The summed E-state index contributed by atoms with van der Waals surface area (Å²) in [5.41, 5.74) is 7.13. The third-order valence-corrected chi connectivity index (χ3v) is 5.63. The molecule has 0 aliphatic carbocycles. The molecule has 5 rings (SSSR count). The molecule has 0 aliphatic rings. The van der Waals surface area contributed by atoms with Crippen molar-refractivity contribution in [2.45, 2.75) is 13.1 Å². The van der Waals surface area contributed by atoms with Crippen LogP contribution in [0.1, 0.15) is 11.4 Å². The first-order valence-electron chi connectivity index (χ1n) is 10.7. The Balaban J connectivity index is 1.41. The number of aryl methyl sites for hydroxylation is 1. The van der Waals surface area contributed by atoms with Crippen LogP contribution in [0.15, 0.2) is 59.1 Å². The van der Waals surface area contributed by atoms with E-state index in [-0.39, 0.29) is 17.0 Å². The number of alkyl halides is 3. The van der Waals surface area contributed by atoms with Gasteiger partial charge in [0, 0.05) is 30.6 Å². The predicted octanol–water partition coefficient (Wildman–Crippen LogP) is 4.14. The van der Waals surface area contributed by atoms with Gasteiger partial charge in [0.25, 0.3) is 0 Å². The zero-order chi connectivity index (χ0) is 26.5. The van der Waals surface area contributed by atoms with Crippen molar-refractivity contribution in [1.29, 1.82) is 5.41 Å². The topological polar surface area (TPSA) is 142 Å². The molecule has 0 spiro atoms. The summed E-state index contributed by atoms with van der Waals surface area (Å²) in [6.45, 7) is 1.87.